The third-order valence-corrected chi connectivity index (χ3v) is 2.67. The number of aromatic hydroxyl groups is 2. The molecule has 16 heavy (non-hydrogen) atoms. The molecule has 0 unspecified atom stereocenters. The van der Waals surface area contributed by atoms with Gasteiger partial charge in [0.15, 0.2) is 24.0 Å². The van der Waals surface area contributed by atoms with Crippen LogP contribution in [0.1, 0.15) is 10.4 Å². The van der Waals surface area contributed by atoms with Gasteiger partial charge in [-0.05, 0) is 6.26 Å². The lowest BCUT2D eigenvalue weighted by Crippen LogP contribution is -2.07. The highest BCUT2D eigenvalue weighted by Crippen LogP contribution is 2.40. The minimum absolute atomic E-state index is 0.549. The Morgan fingerprint density at radius 1 is 1.25 bits per heavy atom. The second kappa shape index (κ2) is 4.65. The number of hydrogen-bond donors (Lipinski definition) is 2. The lowest BCUT2D eigenvalue weighted by Gasteiger charge is -2.10. The maximum atomic E-state index is 13.5. The predicted molar refractivity (Wildman–Crippen MR) is 51.8 cm³/mol. The van der Waals surface area contributed by atoms with Crippen LogP contribution in [0.4, 0.5) is 13.2 Å². The van der Waals surface area contributed by atoms with Crippen molar-refractivity contribution in [2.75, 3.05) is 12.9 Å². The average Bonchev–Trinajstić information content (AvgIpc) is 2.27. The minimum atomic E-state index is -1.57. The Morgan fingerprint density at radius 3 is 2.25 bits per heavy atom. The molecule has 0 radical (unpaired) electrons. The van der Waals surface area contributed by atoms with Crippen LogP contribution in [0.5, 0.6) is 11.5 Å². The van der Waals surface area contributed by atoms with E-state index in [-0.39, 0.29) is 0 Å². The van der Waals surface area contributed by atoms with E-state index in [0.29, 0.717) is 11.8 Å². The molecular weight excluding hydrogens is 245 g/mol. The van der Waals surface area contributed by atoms with Gasteiger partial charge >= 0.3 is 0 Å². The van der Waals surface area contributed by atoms with Crippen molar-refractivity contribution < 1.29 is 28.2 Å². The molecule has 0 fully saturated rings. The fourth-order valence-electron chi connectivity index (χ4n) is 1.15. The van der Waals surface area contributed by atoms with E-state index in [2.05, 4.69) is 0 Å². The maximum Gasteiger partial charge on any atom is 0.208 e. The number of carbonyl (C=O) groups is 1. The Morgan fingerprint density at radius 2 is 1.81 bits per heavy atom. The topological polar surface area (TPSA) is 57.5 Å². The molecule has 0 atom stereocenters. The number of phenolic OH excluding ortho intramolecular Hbond substituents is 2. The van der Waals surface area contributed by atoms with Crippen LogP contribution >= 0.6 is 11.8 Å². The summed E-state index contributed by atoms with van der Waals surface area (Å²) >= 11 is 0.636. The molecular formula is C9H7F3O3S. The zero-order valence-electron chi connectivity index (χ0n) is 8.05. The van der Waals surface area contributed by atoms with Crippen LogP contribution in [-0.4, -0.2) is 28.9 Å². The summed E-state index contributed by atoms with van der Waals surface area (Å²) < 4.78 is 38.8. The molecule has 1 aromatic rings. The highest BCUT2D eigenvalue weighted by atomic mass is 32.2. The van der Waals surface area contributed by atoms with Crippen molar-refractivity contribution in [3.05, 3.63) is 17.2 Å². The third-order valence-electron chi connectivity index (χ3n) is 1.89. The number of halogens is 3. The van der Waals surface area contributed by atoms with Crippen molar-refractivity contribution in [2.45, 2.75) is 4.90 Å². The zero-order chi connectivity index (χ0) is 12.5. The quantitative estimate of drug-likeness (QED) is 0.640. The fourth-order valence-corrected chi connectivity index (χ4v) is 1.71. The van der Waals surface area contributed by atoms with Gasteiger partial charge in [0.25, 0.3) is 0 Å². The number of thioether (sulfide) groups is 1. The summed E-state index contributed by atoms with van der Waals surface area (Å²) in [5.74, 6) is -6.73. The van der Waals surface area contributed by atoms with Crippen molar-refractivity contribution in [3.8, 4) is 11.5 Å². The average molecular weight is 252 g/mol. The monoisotopic (exact) mass is 252 g/mol. The number of alkyl halides is 1. The van der Waals surface area contributed by atoms with Gasteiger partial charge in [-0.1, -0.05) is 0 Å². The van der Waals surface area contributed by atoms with Gasteiger partial charge in [0.2, 0.25) is 11.6 Å². The van der Waals surface area contributed by atoms with Crippen LogP contribution < -0.4 is 0 Å². The number of hydrogen-bond acceptors (Lipinski definition) is 4. The summed E-state index contributed by atoms with van der Waals surface area (Å²) in [7, 11) is 0. The molecule has 2 N–H and O–H groups in total. The van der Waals surface area contributed by atoms with E-state index in [4.69, 9.17) is 10.2 Å². The highest BCUT2D eigenvalue weighted by Gasteiger charge is 2.27. The lowest BCUT2D eigenvalue weighted by molar-refractivity contribution is 0.0950. The molecule has 0 saturated carbocycles. The van der Waals surface area contributed by atoms with Crippen molar-refractivity contribution in [3.63, 3.8) is 0 Å². The first-order valence-corrected chi connectivity index (χ1v) is 5.24. The molecule has 88 valence electrons. The fraction of sp³-hybridized carbons (Fsp3) is 0.222. The highest BCUT2D eigenvalue weighted by molar-refractivity contribution is 7.98. The second-order valence-corrected chi connectivity index (χ2v) is 3.61. The Balaban J connectivity index is 3.62. The van der Waals surface area contributed by atoms with Crippen LogP contribution in [0.15, 0.2) is 4.90 Å². The number of carbonyl (C=O) groups excluding carboxylic acids is 1. The van der Waals surface area contributed by atoms with E-state index in [1.165, 1.54) is 6.26 Å². The number of benzene rings is 1. The maximum absolute atomic E-state index is 13.5. The van der Waals surface area contributed by atoms with Crippen LogP contribution in [-0.2, 0) is 0 Å². The first-order chi connectivity index (χ1) is 7.45. The Labute approximate surface area is 92.9 Å². The summed E-state index contributed by atoms with van der Waals surface area (Å²) in [6.07, 6.45) is 1.33. The lowest BCUT2D eigenvalue weighted by atomic mass is 10.1. The van der Waals surface area contributed by atoms with Gasteiger partial charge in [0.1, 0.15) is 5.56 Å². The largest absolute Gasteiger partial charge is 0.504 e. The minimum Gasteiger partial charge on any atom is -0.504 e. The van der Waals surface area contributed by atoms with Crippen molar-refractivity contribution in [1.29, 1.82) is 0 Å². The van der Waals surface area contributed by atoms with E-state index >= 15 is 0 Å². The Bertz CT molecular complexity index is 448. The van der Waals surface area contributed by atoms with Crippen molar-refractivity contribution in [2.24, 2.45) is 0 Å². The smallest absolute Gasteiger partial charge is 0.208 e. The summed E-state index contributed by atoms with van der Waals surface area (Å²) in [5, 5.41) is 18.2. The number of rotatable bonds is 3. The third kappa shape index (κ3) is 1.82. The Kier molecular flexibility index (Phi) is 3.69. The molecule has 0 saturated heterocycles. The molecule has 0 aliphatic rings. The van der Waals surface area contributed by atoms with E-state index in [9.17, 15) is 18.0 Å². The molecule has 0 bridgehead atoms. The molecule has 0 spiro atoms. The molecule has 7 heteroatoms. The first-order valence-electron chi connectivity index (χ1n) is 4.01. The molecule has 3 nitrogen and oxygen atoms in total. The van der Waals surface area contributed by atoms with Crippen molar-refractivity contribution >= 4 is 17.5 Å². The first kappa shape index (κ1) is 12.7. The molecule has 0 heterocycles. The van der Waals surface area contributed by atoms with Gasteiger partial charge in [0, 0.05) is 0 Å². The van der Waals surface area contributed by atoms with E-state index in [1.54, 1.807) is 0 Å². The predicted octanol–water partition coefficient (Wildman–Crippen LogP) is 2.25. The molecule has 0 aliphatic carbocycles. The number of Topliss-reactive ketones (excluding diaryl/α,β-unsaturated/α-hetero) is 1. The zero-order valence-corrected chi connectivity index (χ0v) is 8.87. The van der Waals surface area contributed by atoms with Gasteiger partial charge in [-0.15, -0.1) is 11.8 Å². The van der Waals surface area contributed by atoms with Gasteiger partial charge in [0.05, 0.1) is 4.90 Å². The van der Waals surface area contributed by atoms with Crippen LogP contribution in [0, 0.1) is 11.6 Å². The Hall–Kier alpha value is -1.37. The summed E-state index contributed by atoms with van der Waals surface area (Å²) in [5.41, 5.74) is -1.08. The number of ketones is 1. The SMILES string of the molecule is CSc1c(O)c(F)c(O)c(C(=O)CF)c1F. The van der Waals surface area contributed by atoms with E-state index < -0.39 is 46.1 Å². The van der Waals surface area contributed by atoms with E-state index in [1.807, 2.05) is 0 Å². The van der Waals surface area contributed by atoms with Gasteiger partial charge in [-0.25, -0.2) is 8.78 Å². The van der Waals surface area contributed by atoms with Crippen LogP contribution in [0.25, 0.3) is 0 Å². The van der Waals surface area contributed by atoms with Gasteiger partial charge in [-0.2, -0.15) is 4.39 Å². The molecule has 0 aliphatic heterocycles. The molecule has 1 rings (SSSR count). The molecule has 0 amide bonds. The van der Waals surface area contributed by atoms with Crippen LogP contribution in [0.2, 0.25) is 0 Å². The van der Waals surface area contributed by atoms with Gasteiger partial charge < -0.3 is 10.2 Å². The molecule has 1 aromatic carbocycles. The van der Waals surface area contributed by atoms with E-state index in [0.717, 1.165) is 0 Å². The molecule has 0 aromatic heterocycles. The second-order valence-electron chi connectivity index (χ2n) is 2.79. The van der Waals surface area contributed by atoms with Crippen molar-refractivity contribution in [1.82, 2.24) is 0 Å². The van der Waals surface area contributed by atoms with Crippen LogP contribution in [0.3, 0.4) is 0 Å². The summed E-state index contributed by atoms with van der Waals surface area (Å²) in [6.45, 7) is -1.57. The van der Waals surface area contributed by atoms with Gasteiger partial charge in [-0.3, -0.25) is 4.79 Å². The summed E-state index contributed by atoms with van der Waals surface area (Å²) in [4.78, 5) is 10.4. The normalized spacial score (nSPS) is 10.5. The summed E-state index contributed by atoms with van der Waals surface area (Å²) in [6, 6.07) is 0. The standard InChI is InChI=1S/C9H7F3O3S/c1-16-9-5(11)4(3(13)2-10)7(14)6(12)8(9)15/h14-15H,2H2,1H3. The number of phenols is 2.